The molecule has 0 radical (unpaired) electrons. The number of methoxy groups -OCH3 is 1. The number of aromatic nitrogens is 1. The number of rotatable bonds is 7. The summed E-state index contributed by atoms with van der Waals surface area (Å²) in [4.78, 5) is 32.1. The zero-order chi connectivity index (χ0) is 23.9. The quantitative estimate of drug-likeness (QED) is 0.500. The molecule has 1 saturated heterocycles. The summed E-state index contributed by atoms with van der Waals surface area (Å²) < 4.78 is 11.0. The Morgan fingerprint density at radius 1 is 1.12 bits per heavy atom. The van der Waals surface area contributed by atoms with E-state index in [-0.39, 0.29) is 12.5 Å². The van der Waals surface area contributed by atoms with Crippen LogP contribution in [-0.4, -0.2) is 35.5 Å². The number of imide groups is 1. The van der Waals surface area contributed by atoms with Crippen LogP contribution in [0.5, 0.6) is 11.5 Å². The number of ether oxygens (including phenoxy) is 2. The first-order chi connectivity index (χ1) is 16.4. The molecule has 1 N–H and O–H groups in total. The molecule has 34 heavy (non-hydrogen) atoms. The van der Waals surface area contributed by atoms with Gasteiger partial charge >= 0.3 is 6.03 Å². The summed E-state index contributed by atoms with van der Waals surface area (Å²) in [5.41, 5.74) is 3.91. The SMILES string of the molecule is CCOc1ccc(-c2nc(CN3C(=O)NC(C)(c4ccc5c(c4)CCC5)C3=O)cs2)cc1OC. The van der Waals surface area contributed by atoms with E-state index in [4.69, 9.17) is 9.47 Å². The monoisotopic (exact) mass is 477 g/mol. The average Bonchev–Trinajstić information content (AvgIpc) is 3.55. The lowest BCUT2D eigenvalue weighted by Crippen LogP contribution is -2.41. The maximum atomic E-state index is 13.4. The van der Waals surface area contributed by atoms with Gasteiger partial charge < -0.3 is 14.8 Å². The second-order valence-electron chi connectivity index (χ2n) is 8.73. The number of thiazole rings is 1. The van der Waals surface area contributed by atoms with Crippen LogP contribution in [0.3, 0.4) is 0 Å². The number of carbonyl (C=O) groups is 2. The van der Waals surface area contributed by atoms with E-state index in [2.05, 4.69) is 22.4 Å². The lowest BCUT2D eigenvalue weighted by atomic mass is 9.89. The van der Waals surface area contributed by atoms with Crippen LogP contribution in [0.2, 0.25) is 0 Å². The van der Waals surface area contributed by atoms with Gasteiger partial charge in [0.15, 0.2) is 11.5 Å². The predicted octanol–water partition coefficient (Wildman–Crippen LogP) is 4.67. The van der Waals surface area contributed by atoms with Crippen LogP contribution >= 0.6 is 11.3 Å². The Balaban J connectivity index is 1.35. The van der Waals surface area contributed by atoms with Crippen molar-refractivity contribution in [1.29, 1.82) is 0 Å². The molecule has 0 saturated carbocycles. The summed E-state index contributed by atoms with van der Waals surface area (Å²) in [6.45, 7) is 4.37. The van der Waals surface area contributed by atoms with Crippen molar-refractivity contribution in [1.82, 2.24) is 15.2 Å². The largest absolute Gasteiger partial charge is 0.493 e. The third-order valence-corrected chi connectivity index (χ3v) is 7.47. The van der Waals surface area contributed by atoms with Gasteiger partial charge in [-0.3, -0.25) is 9.69 Å². The van der Waals surface area contributed by atoms with Crippen molar-refractivity contribution in [3.05, 3.63) is 64.2 Å². The highest BCUT2D eigenvalue weighted by atomic mass is 32.1. The molecule has 7 nitrogen and oxygen atoms in total. The van der Waals surface area contributed by atoms with Crippen molar-refractivity contribution < 1.29 is 19.1 Å². The molecule has 8 heteroatoms. The second kappa shape index (κ2) is 8.76. The zero-order valence-corrected chi connectivity index (χ0v) is 20.3. The Morgan fingerprint density at radius 2 is 1.94 bits per heavy atom. The highest BCUT2D eigenvalue weighted by molar-refractivity contribution is 7.13. The Kier molecular flexibility index (Phi) is 5.77. The lowest BCUT2D eigenvalue weighted by Gasteiger charge is -2.23. The zero-order valence-electron chi connectivity index (χ0n) is 19.5. The van der Waals surface area contributed by atoms with Gasteiger partial charge in [-0.1, -0.05) is 18.2 Å². The second-order valence-corrected chi connectivity index (χ2v) is 9.58. The molecule has 1 atom stereocenters. The third kappa shape index (κ3) is 3.81. The van der Waals surface area contributed by atoms with Crippen molar-refractivity contribution in [3.8, 4) is 22.1 Å². The first-order valence-electron chi connectivity index (χ1n) is 11.4. The van der Waals surface area contributed by atoms with Gasteiger partial charge in [-0.2, -0.15) is 0 Å². The molecule has 1 unspecified atom stereocenters. The average molecular weight is 478 g/mol. The number of amides is 3. The number of benzene rings is 2. The van der Waals surface area contributed by atoms with Crippen LogP contribution in [0, 0.1) is 0 Å². The molecule has 2 aromatic carbocycles. The van der Waals surface area contributed by atoms with Crippen LogP contribution in [0.4, 0.5) is 4.79 Å². The van der Waals surface area contributed by atoms with E-state index in [9.17, 15) is 9.59 Å². The van der Waals surface area contributed by atoms with Crippen molar-refractivity contribution in [2.24, 2.45) is 0 Å². The minimum atomic E-state index is -1.07. The first kappa shape index (κ1) is 22.4. The van der Waals surface area contributed by atoms with E-state index in [1.165, 1.54) is 27.4 Å². The van der Waals surface area contributed by atoms with Crippen molar-refractivity contribution in [3.63, 3.8) is 0 Å². The molecule has 5 rings (SSSR count). The maximum absolute atomic E-state index is 13.4. The molecular formula is C26H27N3O4S. The van der Waals surface area contributed by atoms with Gasteiger partial charge in [0.2, 0.25) is 0 Å². The number of aryl methyl sites for hydroxylation is 2. The Morgan fingerprint density at radius 3 is 2.74 bits per heavy atom. The summed E-state index contributed by atoms with van der Waals surface area (Å²) in [5.74, 6) is 1.05. The summed E-state index contributed by atoms with van der Waals surface area (Å²) in [7, 11) is 1.60. The normalized spacial score (nSPS) is 19.3. The topological polar surface area (TPSA) is 80.8 Å². The van der Waals surface area contributed by atoms with Crippen LogP contribution in [-0.2, 0) is 29.7 Å². The highest BCUT2D eigenvalue weighted by Crippen LogP contribution is 2.36. The fourth-order valence-electron chi connectivity index (χ4n) is 4.67. The number of hydrogen-bond donors (Lipinski definition) is 1. The van der Waals surface area contributed by atoms with Crippen LogP contribution in [0.1, 0.15) is 42.7 Å². The summed E-state index contributed by atoms with van der Waals surface area (Å²) in [6.07, 6.45) is 3.22. The molecular weight excluding hydrogens is 450 g/mol. The first-order valence-corrected chi connectivity index (χ1v) is 12.3. The van der Waals surface area contributed by atoms with E-state index in [1.807, 2.05) is 36.6 Å². The number of carbonyl (C=O) groups excluding carboxylic acids is 2. The predicted molar refractivity (Wildman–Crippen MR) is 130 cm³/mol. The molecule has 1 aliphatic carbocycles. The van der Waals surface area contributed by atoms with Gasteiger partial charge in [-0.25, -0.2) is 9.78 Å². The molecule has 1 aromatic heterocycles. The minimum Gasteiger partial charge on any atom is -0.493 e. The third-order valence-electron chi connectivity index (χ3n) is 6.53. The molecule has 2 heterocycles. The molecule has 3 amide bonds. The fraction of sp³-hybridized carbons (Fsp3) is 0.346. The van der Waals surface area contributed by atoms with Crippen LogP contribution in [0.25, 0.3) is 10.6 Å². The van der Waals surface area contributed by atoms with Crippen molar-refractivity contribution in [2.45, 2.75) is 45.2 Å². The van der Waals surface area contributed by atoms with Gasteiger partial charge in [-0.05, 0) is 68.0 Å². The Labute approximate surface area is 202 Å². The maximum Gasteiger partial charge on any atom is 0.325 e. The van der Waals surface area contributed by atoms with Crippen LogP contribution in [0.15, 0.2) is 41.8 Å². The number of nitrogens with one attached hydrogen (secondary N) is 1. The minimum absolute atomic E-state index is 0.121. The van der Waals surface area contributed by atoms with E-state index < -0.39 is 11.6 Å². The summed E-state index contributed by atoms with van der Waals surface area (Å²) in [5, 5.41) is 5.57. The molecule has 1 aliphatic heterocycles. The molecule has 1 fully saturated rings. The van der Waals surface area contributed by atoms with Gasteiger partial charge in [0.25, 0.3) is 5.91 Å². The molecule has 3 aromatic rings. The smallest absolute Gasteiger partial charge is 0.325 e. The lowest BCUT2D eigenvalue weighted by molar-refractivity contribution is -0.131. The van der Waals surface area contributed by atoms with Gasteiger partial charge in [-0.15, -0.1) is 11.3 Å². The number of hydrogen-bond acceptors (Lipinski definition) is 6. The van der Waals surface area contributed by atoms with E-state index in [1.54, 1.807) is 14.0 Å². The summed E-state index contributed by atoms with van der Waals surface area (Å²) in [6, 6.07) is 11.4. The molecule has 2 aliphatic rings. The van der Waals surface area contributed by atoms with E-state index in [0.29, 0.717) is 23.8 Å². The molecule has 0 spiro atoms. The van der Waals surface area contributed by atoms with Crippen molar-refractivity contribution in [2.75, 3.05) is 13.7 Å². The Bertz CT molecular complexity index is 1270. The van der Waals surface area contributed by atoms with Gasteiger partial charge in [0, 0.05) is 10.9 Å². The van der Waals surface area contributed by atoms with Gasteiger partial charge in [0.1, 0.15) is 10.5 Å². The number of urea groups is 1. The number of nitrogens with zero attached hydrogens (tertiary/aromatic N) is 2. The summed E-state index contributed by atoms with van der Waals surface area (Å²) >= 11 is 1.46. The fourth-order valence-corrected chi connectivity index (χ4v) is 5.48. The van der Waals surface area contributed by atoms with Crippen molar-refractivity contribution >= 4 is 23.3 Å². The van der Waals surface area contributed by atoms with E-state index in [0.717, 1.165) is 35.4 Å². The molecule has 176 valence electrons. The standard InChI is InChI=1S/C26H27N3O4S/c1-4-33-21-11-9-18(13-22(21)32-3)23-27-20(15-34-23)14-29-24(30)26(2,28-25(29)31)19-10-8-16-6-5-7-17(16)12-19/h8-13,15H,4-7,14H2,1-3H3,(H,28,31). The highest BCUT2D eigenvalue weighted by Gasteiger charge is 2.49. The Hall–Kier alpha value is -3.39. The number of fused-ring (bicyclic) bond motifs is 1. The van der Waals surface area contributed by atoms with E-state index >= 15 is 0 Å². The van der Waals surface area contributed by atoms with Crippen LogP contribution < -0.4 is 14.8 Å². The molecule has 0 bridgehead atoms. The van der Waals surface area contributed by atoms with Gasteiger partial charge in [0.05, 0.1) is 26.0 Å².